The molecule has 51 valence electrons. The largest absolute Gasteiger partial charge is 0.214 e. The minimum Gasteiger partial charge on any atom is -0.185 e. The molecule has 0 spiro atoms. The van der Waals surface area contributed by atoms with Crippen LogP contribution in [0.25, 0.3) is 0 Å². The molecule has 10 heavy (non-hydrogen) atoms. The molecule has 0 saturated heterocycles. The fraction of sp³-hybridized carbons (Fsp3) is 0. The van der Waals surface area contributed by atoms with Crippen LogP contribution in [0.4, 0.5) is 0 Å². The predicted octanol–water partition coefficient (Wildman–Crippen LogP) is 0.516. The predicted molar refractivity (Wildman–Crippen MR) is 39.4 cm³/mol. The second kappa shape index (κ2) is 3.17. The summed E-state index contributed by atoms with van der Waals surface area (Å²) in [6.07, 6.45) is 0. The van der Waals surface area contributed by atoms with Gasteiger partial charge in [0.25, 0.3) is 0 Å². The van der Waals surface area contributed by atoms with Gasteiger partial charge in [0.15, 0.2) is 0 Å². The lowest BCUT2D eigenvalue weighted by Crippen LogP contribution is -1.78. The molecular weight excluding hydrogens is 148 g/mol. The highest BCUT2D eigenvalue weighted by atomic mass is 32.2. The molecule has 0 N–H and O–H groups in total. The lowest BCUT2D eigenvalue weighted by molar-refractivity contribution is 0.627. The Balaban J connectivity index is 3.10. The third kappa shape index (κ3) is 2.03. The third-order valence-corrected chi connectivity index (χ3v) is 1.44. The molecule has 0 aliphatic rings. The van der Waals surface area contributed by atoms with Crippen molar-refractivity contribution in [2.24, 2.45) is 0 Å². The van der Waals surface area contributed by atoms with Crippen LogP contribution in [-0.2, 0) is 10.3 Å². The molecule has 3 heteroatoms. The van der Waals surface area contributed by atoms with Crippen LogP contribution in [0.1, 0.15) is 5.56 Å². The van der Waals surface area contributed by atoms with Crippen molar-refractivity contribution >= 4 is 15.7 Å². The van der Waals surface area contributed by atoms with E-state index in [9.17, 15) is 8.42 Å². The van der Waals surface area contributed by atoms with Crippen LogP contribution in [0.5, 0.6) is 0 Å². The Labute approximate surface area is 60.7 Å². The summed E-state index contributed by atoms with van der Waals surface area (Å²) >= 11 is 0. The topological polar surface area (TPSA) is 34.1 Å². The zero-order valence-corrected chi connectivity index (χ0v) is 5.93. The summed E-state index contributed by atoms with van der Waals surface area (Å²) in [6, 6.07) is 9.47. The summed E-state index contributed by atoms with van der Waals surface area (Å²) in [5.41, 5.74) is 0.673. The lowest BCUT2D eigenvalue weighted by Gasteiger charge is -1.83. The lowest BCUT2D eigenvalue weighted by atomic mass is 10.2. The van der Waals surface area contributed by atoms with E-state index in [2.05, 4.69) is 6.07 Å². The van der Waals surface area contributed by atoms with Crippen LogP contribution >= 0.6 is 0 Å². The Hall–Kier alpha value is -1.09. The Morgan fingerprint density at radius 1 is 1.30 bits per heavy atom. The van der Waals surface area contributed by atoms with Gasteiger partial charge in [-0.3, -0.25) is 0 Å². The summed E-state index contributed by atoms with van der Waals surface area (Å²) < 4.78 is 20.2. The first-order valence-corrected chi connectivity index (χ1v) is 3.82. The molecule has 1 radical (unpaired) electrons. The third-order valence-electron chi connectivity index (χ3n) is 0.976. The maximum Gasteiger partial charge on any atom is 0.214 e. The highest BCUT2D eigenvalue weighted by molar-refractivity contribution is 7.71. The standard InChI is InChI=1S/C7H5O2S/c8-10(9)6-7-4-2-1-3-5-7/h2-6H. The van der Waals surface area contributed by atoms with Crippen LogP contribution in [0.15, 0.2) is 24.3 Å². The van der Waals surface area contributed by atoms with Gasteiger partial charge in [0, 0.05) is 0 Å². The van der Waals surface area contributed by atoms with E-state index in [0.717, 1.165) is 5.37 Å². The molecule has 0 heterocycles. The van der Waals surface area contributed by atoms with Crippen LogP contribution in [0.2, 0.25) is 0 Å². The second-order valence-corrected chi connectivity index (χ2v) is 2.47. The molecule has 0 aromatic heterocycles. The van der Waals surface area contributed by atoms with Crippen molar-refractivity contribution in [1.82, 2.24) is 0 Å². The van der Waals surface area contributed by atoms with Gasteiger partial charge in [-0.15, -0.1) is 0 Å². The van der Waals surface area contributed by atoms with Crippen LogP contribution in [-0.4, -0.2) is 13.8 Å². The Morgan fingerprint density at radius 3 is 2.40 bits per heavy atom. The highest BCUT2D eigenvalue weighted by Crippen LogP contribution is 1.91. The smallest absolute Gasteiger partial charge is 0.185 e. The van der Waals surface area contributed by atoms with Crippen molar-refractivity contribution in [2.45, 2.75) is 0 Å². The molecule has 2 nitrogen and oxygen atoms in total. The van der Waals surface area contributed by atoms with E-state index in [1.807, 2.05) is 0 Å². The molecule has 0 amide bonds. The first-order chi connectivity index (χ1) is 4.79. The summed E-state index contributed by atoms with van der Waals surface area (Å²) in [7, 11) is -2.11. The molecule has 0 fully saturated rings. The molecule has 1 rings (SSSR count). The molecule has 0 saturated carbocycles. The van der Waals surface area contributed by atoms with E-state index in [1.165, 1.54) is 0 Å². The minimum absolute atomic E-state index is 0.673. The Morgan fingerprint density at radius 2 is 1.90 bits per heavy atom. The summed E-state index contributed by atoms with van der Waals surface area (Å²) in [4.78, 5) is 0. The summed E-state index contributed by atoms with van der Waals surface area (Å²) in [5, 5.41) is 1.15. The second-order valence-electron chi connectivity index (χ2n) is 1.71. The van der Waals surface area contributed by atoms with Crippen LogP contribution in [0, 0.1) is 6.07 Å². The Bertz CT molecular complexity index is 316. The number of hydrogen-bond acceptors (Lipinski definition) is 2. The van der Waals surface area contributed by atoms with Crippen LogP contribution < -0.4 is 0 Å². The molecule has 0 atom stereocenters. The number of rotatable bonds is 1. The zero-order chi connectivity index (χ0) is 7.40. The van der Waals surface area contributed by atoms with E-state index in [1.54, 1.807) is 24.3 Å². The van der Waals surface area contributed by atoms with E-state index < -0.39 is 10.3 Å². The highest BCUT2D eigenvalue weighted by Gasteiger charge is 1.82. The van der Waals surface area contributed by atoms with E-state index in [-0.39, 0.29) is 0 Å². The first kappa shape index (κ1) is 7.02. The molecule has 1 aromatic rings. The van der Waals surface area contributed by atoms with Gasteiger partial charge in [-0.25, -0.2) is 0 Å². The minimum atomic E-state index is -2.11. The van der Waals surface area contributed by atoms with Gasteiger partial charge >= 0.3 is 0 Å². The van der Waals surface area contributed by atoms with Gasteiger partial charge in [0.1, 0.15) is 0 Å². The van der Waals surface area contributed by atoms with Gasteiger partial charge in [0.2, 0.25) is 10.3 Å². The molecular formula is C7H5O2S. The zero-order valence-electron chi connectivity index (χ0n) is 5.11. The van der Waals surface area contributed by atoms with Crippen molar-refractivity contribution in [3.63, 3.8) is 0 Å². The van der Waals surface area contributed by atoms with Gasteiger partial charge in [-0.2, -0.15) is 8.42 Å². The molecule has 1 aromatic carbocycles. The average molecular weight is 153 g/mol. The van der Waals surface area contributed by atoms with Crippen molar-refractivity contribution in [3.05, 3.63) is 35.9 Å². The van der Waals surface area contributed by atoms with Crippen molar-refractivity contribution in [1.29, 1.82) is 0 Å². The normalized spacial score (nSPS) is 8.80. The van der Waals surface area contributed by atoms with E-state index in [4.69, 9.17) is 0 Å². The molecule has 0 aliphatic carbocycles. The van der Waals surface area contributed by atoms with Gasteiger partial charge in [-0.1, -0.05) is 24.3 Å². The molecule has 0 aliphatic heterocycles. The number of benzene rings is 1. The fourth-order valence-corrected chi connectivity index (χ4v) is 0.969. The van der Waals surface area contributed by atoms with Gasteiger partial charge in [-0.05, 0) is 11.6 Å². The van der Waals surface area contributed by atoms with Gasteiger partial charge in [0.05, 0.1) is 5.37 Å². The molecule has 0 unspecified atom stereocenters. The summed E-state index contributed by atoms with van der Waals surface area (Å²) in [6.45, 7) is 0. The van der Waals surface area contributed by atoms with Crippen molar-refractivity contribution in [2.75, 3.05) is 0 Å². The molecule has 0 bridgehead atoms. The summed E-state index contributed by atoms with van der Waals surface area (Å²) in [5.74, 6) is 0. The fourth-order valence-electron chi connectivity index (χ4n) is 0.589. The van der Waals surface area contributed by atoms with E-state index in [0.29, 0.717) is 5.56 Å². The maximum absolute atomic E-state index is 10.1. The van der Waals surface area contributed by atoms with E-state index >= 15 is 0 Å². The van der Waals surface area contributed by atoms with Crippen molar-refractivity contribution in [3.8, 4) is 0 Å². The SMILES string of the molecule is O=S(=O)=Cc1cc[c]cc1. The van der Waals surface area contributed by atoms with Crippen molar-refractivity contribution < 1.29 is 8.42 Å². The average Bonchev–Trinajstić information content (AvgIpc) is 1.88. The number of hydrogen-bond donors (Lipinski definition) is 0. The van der Waals surface area contributed by atoms with Gasteiger partial charge < -0.3 is 0 Å². The maximum atomic E-state index is 10.1. The van der Waals surface area contributed by atoms with Crippen LogP contribution in [0.3, 0.4) is 0 Å². The first-order valence-electron chi connectivity index (χ1n) is 2.68. The Kier molecular flexibility index (Phi) is 2.23. The quantitative estimate of drug-likeness (QED) is 0.551. The monoisotopic (exact) mass is 153 g/mol.